The minimum atomic E-state index is -0.360. The average molecular weight is 511 g/mol. The monoisotopic (exact) mass is 510 g/mol. The summed E-state index contributed by atoms with van der Waals surface area (Å²) in [5.74, 6) is 2.14. The molecule has 4 atom stereocenters. The first-order valence-electron chi connectivity index (χ1n) is 12.7. The quantitative estimate of drug-likeness (QED) is 0.562. The van der Waals surface area contributed by atoms with E-state index >= 15 is 0 Å². The van der Waals surface area contributed by atoms with E-state index in [2.05, 4.69) is 17.1 Å². The van der Waals surface area contributed by atoms with Crippen LogP contribution >= 0.6 is 11.8 Å². The maximum Gasteiger partial charge on any atom is 0.286 e. The Kier molecular flexibility index (Phi) is 6.92. The van der Waals surface area contributed by atoms with Crippen LogP contribution in [0.3, 0.4) is 0 Å². The van der Waals surface area contributed by atoms with Crippen LogP contribution in [-0.4, -0.2) is 58.2 Å². The van der Waals surface area contributed by atoms with Crippen LogP contribution in [0.25, 0.3) is 0 Å². The van der Waals surface area contributed by atoms with Gasteiger partial charge in [-0.2, -0.15) is 0 Å². The molecule has 2 fully saturated rings. The highest BCUT2D eigenvalue weighted by molar-refractivity contribution is 8.15. The number of likely N-dealkylation sites (tertiary alicyclic amines) is 1. The molecule has 2 amide bonds. The molecule has 3 heterocycles. The molecule has 7 nitrogen and oxygen atoms in total. The highest BCUT2D eigenvalue weighted by Crippen LogP contribution is 2.48. The lowest BCUT2D eigenvalue weighted by Crippen LogP contribution is -2.39. The van der Waals surface area contributed by atoms with Gasteiger partial charge >= 0.3 is 0 Å². The van der Waals surface area contributed by atoms with Crippen LogP contribution in [0, 0.1) is 20.8 Å². The van der Waals surface area contributed by atoms with Gasteiger partial charge in [0.1, 0.15) is 30.0 Å². The summed E-state index contributed by atoms with van der Waals surface area (Å²) in [6.07, 6.45) is 2.81. The van der Waals surface area contributed by atoms with E-state index in [1.807, 2.05) is 45.0 Å². The second-order valence-electron chi connectivity index (χ2n) is 10.2. The molecule has 0 saturated carbocycles. The molecule has 0 aliphatic carbocycles. The van der Waals surface area contributed by atoms with Gasteiger partial charge in [-0.25, -0.2) is 0 Å². The van der Waals surface area contributed by atoms with Gasteiger partial charge in [-0.15, -0.1) is 0 Å². The molecular formula is C28H34N2O5S. The first-order chi connectivity index (χ1) is 17.2. The van der Waals surface area contributed by atoms with Crippen LogP contribution in [0.5, 0.6) is 17.2 Å². The summed E-state index contributed by atoms with van der Waals surface area (Å²) >= 11 is 1.05. The van der Waals surface area contributed by atoms with Crippen molar-refractivity contribution in [1.82, 2.24) is 10.2 Å². The number of benzene rings is 2. The number of hydrogen-bond donors (Lipinski definition) is 2. The Hall–Kier alpha value is -2.71. The van der Waals surface area contributed by atoms with Crippen molar-refractivity contribution in [3.8, 4) is 17.2 Å². The summed E-state index contributed by atoms with van der Waals surface area (Å²) in [5.41, 5.74) is 5.03. The molecular weight excluding hydrogens is 476 g/mol. The molecule has 0 radical (unpaired) electrons. The van der Waals surface area contributed by atoms with Crippen molar-refractivity contribution < 1.29 is 24.2 Å². The van der Waals surface area contributed by atoms with E-state index in [0.717, 1.165) is 77.0 Å². The van der Waals surface area contributed by atoms with Crippen molar-refractivity contribution in [3.05, 3.63) is 52.1 Å². The van der Waals surface area contributed by atoms with E-state index < -0.39 is 0 Å². The SMILES string of the molecule is Cc1c(C)c2c(c(C)c1O)C(CN1CCCC1COc1ccc(CC3SC(=O)NC3=O)cc1)C(C)O2. The number of carbonyl (C=O) groups excluding carboxylic acids is 2. The molecule has 5 rings (SSSR count). The smallest absolute Gasteiger partial charge is 0.286 e. The number of phenolic OH excluding ortho intramolecular Hbond substituents is 1. The molecule has 192 valence electrons. The van der Waals surface area contributed by atoms with Gasteiger partial charge in [-0.05, 0) is 87.9 Å². The second kappa shape index (κ2) is 9.98. The Morgan fingerprint density at radius 2 is 1.89 bits per heavy atom. The summed E-state index contributed by atoms with van der Waals surface area (Å²) in [7, 11) is 0. The van der Waals surface area contributed by atoms with Crippen molar-refractivity contribution in [3.63, 3.8) is 0 Å². The van der Waals surface area contributed by atoms with Crippen LogP contribution in [0.15, 0.2) is 24.3 Å². The summed E-state index contributed by atoms with van der Waals surface area (Å²) in [4.78, 5) is 25.7. The number of fused-ring (bicyclic) bond motifs is 1. The van der Waals surface area contributed by atoms with Crippen LogP contribution < -0.4 is 14.8 Å². The van der Waals surface area contributed by atoms with E-state index in [1.165, 1.54) is 0 Å². The largest absolute Gasteiger partial charge is 0.507 e. The second-order valence-corrected chi connectivity index (χ2v) is 11.4. The van der Waals surface area contributed by atoms with Crippen molar-refractivity contribution in [2.24, 2.45) is 0 Å². The summed E-state index contributed by atoms with van der Waals surface area (Å²) in [5, 5.41) is 12.4. The fourth-order valence-electron chi connectivity index (χ4n) is 5.70. The van der Waals surface area contributed by atoms with Gasteiger partial charge in [-0.3, -0.25) is 19.8 Å². The maximum atomic E-state index is 11.8. The lowest BCUT2D eigenvalue weighted by atomic mass is 9.88. The van der Waals surface area contributed by atoms with Crippen molar-refractivity contribution in [1.29, 1.82) is 0 Å². The molecule has 0 spiro atoms. The van der Waals surface area contributed by atoms with E-state index in [4.69, 9.17) is 9.47 Å². The summed E-state index contributed by atoms with van der Waals surface area (Å²) in [6, 6.07) is 8.13. The molecule has 3 aliphatic heterocycles. The molecule has 0 aromatic heterocycles. The van der Waals surface area contributed by atoms with Crippen molar-refractivity contribution in [2.75, 3.05) is 19.7 Å². The number of nitrogens with zero attached hydrogens (tertiary/aromatic N) is 1. The standard InChI is InChI=1S/C28H34N2O5S/c1-15-16(2)26-24(17(3)25(15)31)22(18(4)35-26)13-30-11-5-6-20(30)14-34-21-9-7-19(8-10-21)12-23-27(32)29-28(33)36-23/h7-10,18,20,22-23,31H,5-6,11-14H2,1-4H3,(H,29,32,33). The number of imide groups is 1. The third kappa shape index (κ3) is 4.68. The normalized spacial score (nSPS) is 25.7. The molecule has 2 aromatic carbocycles. The number of nitrogens with one attached hydrogen (secondary N) is 1. The molecule has 3 aliphatic rings. The maximum absolute atomic E-state index is 11.8. The Bertz CT molecular complexity index is 1180. The Morgan fingerprint density at radius 1 is 1.14 bits per heavy atom. The average Bonchev–Trinajstić information content (AvgIpc) is 3.53. The predicted molar refractivity (Wildman–Crippen MR) is 140 cm³/mol. The highest BCUT2D eigenvalue weighted by atomic mass is 32.2. The third-order valence-electron chi connectivity index (χ3n) is 7.99. The van der Waals surface area contributed by atoms with Gasteiger partial charge in [0.05, 0.1) is 5.25 Å². The predicted octanol–water partition coefficient (Wildman–Crippen LogP) is 4.62. The molecule has 8 heteroatoms. The van der Waals surface area contributed by atoms with Crippen molar-refractivity contribution >= 4 is 22.9 Å². The first kappa shape index (κ1) is 25.0. The number of carbonyl (C=O) groups is 2. The summed E-state index contributed by atoms with van der Waals surface area (Å²) in [6.45, 7) is 10.6. The van der Waals surface area contributed by atoms with E-state index in [9.17, 15) is 14.7 Å². The number of phenols is 1. The Balaban J connectivity index is 1.21. The Labute approximate surface area is 216 Å². The van der Waals surface area contributed by atoms with E-state index in [0.29, 0.717) is 24.8 Å². The van der Waals surface area contributed by atoms with Gasteiger partial charge in [-0.1, -0.05) is 23.9 Å². The minimum absolute atomic E-state index is 0.0590. The van der Waals surface area contributed by atoms with Gasteiger partial charge in [0.2, 0.25) is 5.91 Å². The Morgan fingerprint density at radius 3 is 2.58 bits per heavy atom. The lowest BCUT2D eigenvalue weighted by molar-refractivity contribution is -0.118. The fourth-order valence-corrected chi connectivity index (χ4v) is 6.56. The zero-order valence-electron chi connectivity index (χ0n) is 21.3. The molecule has 2 N–H and O–H groups in total. The van der Waals surface area contributed by atoms with Gasteiger partial charge in [0.25, 0.3) is 5.24 Å². The minimum Gasteiger partial charge on any atom is -0.507 e. The number of rotatable bonds is 7. The highest BCUT2D eigenvalue weighted by Gasteiger charge is 2.39. The zero-order valence-corrected chi connectivity index (χ0v) is 22.1. The molecule has 2 aromatic rings. The third-order valence-corrected chi connectivity index (χ3v) is 8.97. The van der Waals surface area contributed by atoms with Crippen molar-refractivity contribution in [2.45, 2.75) is 70.3 Å². The van der Waals surface area contributed by atoms with E-state index in [1.54, 1.807) is 0 Å². The zero-order chi connectivity index (χ0) is 25.6. The van der Waals surface area contributed by atoms with Gasteiger partial charge in [0, 0.05) is 24.1 Å². The fraction of sp³-hybridized carbons (Fsp3) is 0.500. The van der Waals surface area contributed by atoms with Crippen LogP contribution in [0.2, 0.25) is 0 Å². The molecule has 2 saturated heterocycles. The van der Waals surface area contributed by atoms with Crippen LogP contribution in [0.4, 0.5) is 4.79 Å². The molecule has 4 unspecified atom stereocenters. The van der Waals surface area contributed by atoms with Crippen LogP contribution in [0.1, 0.15) is 53.5 Å². The topological polar surface area (TPSA) is 88.1 Å². The van der Waals surface area contributed by atoms with Crippen LogP contribution in [-0.2, 0) is 11.2 Å². The number of thioether (sulfide) groups is 1. The molecule has 36 heavy (non-hydrogen) atoms. The number of aromatic hydroxyl groups is 1. The lowest BCUT2D eigenvalue weighted by Gasteiger charge is -2.29. The molecule has 0 bridgehead atoms. The van der Waals surface area contributed by atoms with Gasteiger partial charge < -0.3 is 14.6 Å². The number of amides is 2. The summed E-state index contributed by atoms with van der Waals surface area (Å²) < 4.78 is 12.5. The van der Waals surface area contributed by atoms with Gasteiger partial charge in [0.15, 0.2) is 0 Å². The van der Waals surface area contributed by atoms with E-state index in [-0.39, 0.29) is 28.4 Å². The first-order valence-corrected chi connectivity index (χ1v) is 13.6. The number of hydrogen-bond acceptors (Lipinski definition) is 7. The number of ether oxygens (including phenoxy) is 2.